The van der Waals surface area contributed by atoms with Gasteiger partial charge in [-0.1, -0.05) is 0 Å². The van der Waals surface area contributed by atoms with Crippen LogP contribution in [0.4, 0.5) is 4.39 Å². The number of morpholine rings is 1. The Morgan fingerprint density at radius 2 is 2.08 bits per heavy atom. The van der Waals surface area contributed by atoms with Crippen LogP contribution in [0.2, 0.25) is 0 Å². The van der Waals surface area contributed by atoms with E-state index < -0.39 is 17.2 Å². The maximum Gasteiger partial charge on any atom is 0.271 e. The molecule has 0 bridgehead atoms. The Morgan fingerprint density at radius 1 is 1.31 bits per heavy atom. The predicted molar refractivity (Wildman–Crippen MR) is 134 cm³/mol. The molecule has 10 heteroatoms. The summed E-state index contributed by atoms with van der Waals surface area (Å²) in [5.41, 5.74) is -0.412. The van der Waals surface area contributed by atoms with Gasteiger partial charge < -0.3 is 19.9 Å². The summed E-state index contributed by atoms with van der Waals surface area (Å²) in [4.78, 5) is 28.8. The molecule has 2 unspecified atom stereocenters. The summed E-state index contributed by atoms with van der Waals surface area (Å²) in [5.74, 6) is -0.0232. The average Bonchev–Trinajstić information content (AvgIpc) is 2.89. The van der Waals surface area contributed by atoms with E-state index in [0.29, 0.717) is 37.7 Å². The first-order chi connectivity index (χ1) is 17.2. The van der Waals surface area contributed by atoms with Gasteiger partial charge in [0.25, 0.3) is 5.91 Å². The van der Waals surface area contributed by atoms with Crippen molar-refractivity contribution in [2.24, 2.45) is 4.99 Å². The van der Waals surface area contributed by atoms with Gasteiger partial charge in [-0.05, 0) is 61.7 Å². The van der Waals surface area contributed by atoms with Crippen LogP contribution in [-0.4, -0.2) is 83.3 Å². The predicted octanol–water partition coefficient (Wildman–Crippen LogP) is 2.37. The molecule has 0 saturated carbocycles. The molecule has 2 aliphatic rings. The number of hydrogen-bond donors (Lipinski definition) is 2. The molecule has 4 heterocycles. The molecule has 0 radical (unpaired) electrons. The van der Waals surface area contributed by atoms with Gasteiger partial charge in [-0.15, -0.1) is 0 Å². The molecule has 0 aromatic carbocycles. The lowest BCUT2D eigenvalue weighted by Crippen LogP contribution is -2.64. The van der Waals surface area contributed by atoms with Gasteiger partial charge in [0.05, 0.1) is 25.9 Å². The van der Waals surface area contributed by atoms with Crippen LogP contribution in [0, 0.1) is 0 Å². The number of carbonyl (C=O) groups is 1. The molecule has 2 aromatic rings. The summed E-state index contributed by atoms with van der Waals surface area (Å²) < 4.78 is 25.4. The highest BCUT2D eigenvalue weighted by molar-refractivity contribution is 5.97. The fraction of sp³-hybridized carbons (Fsp3) is 0.462. The van der Waals surface area contributed by atoms with E-state index in [2.05, 4.69) is 20.2 Å². The van der Waals surface area contributed by atoms with E-state index in [-0.39, 0.29) is 24.9 Å². The zero-order chi connectivity index (χ0) is 25.8. The second-order valence-corrected chi connectivity index (χ2v) is 9.29. The Kier molecular flexibility index (Phi) is 7.77. The lowest BCUT2D eigenvalue weighted by Gasteiger charge is -2.44. The number of ether oxygens (including phenoxy) is 2. The Hall–Kier alpha value is -3.21. The molecule has 4 rings (SSSR count). The first kappa shape index (κ1) is 25.9. The van der Waals surface area contributed by atoms with E-state index in [1.54, 1.807) is 24.5 Å². The number of aliphatic hydroxyl groups is 1. The number of alkyl halides is 1. The zero-order valence-corrected chi connectivity index (χ0v) is 20.8. The quantitative estimate of drug-likeness (QED) is 0.576. The van der Waals surface area contributed by atoms with Gasteiger partial charge in [0.1, 0.15) is 23.6 Å². The second-order valence-electron chi connectivity index (χ2n) is 9.29. The number of aromatic nitrogens is 2. The van der Waals surface area contributed by atoms with Crippen molar-refractivity contribution < 1.29 is 23.8 Å². The van der Waals surface area contributed by atoms with Gasteiger partial charge in [0, 0.05) is 37.8 Å². The van der Waals surface area contributed by atoms with Crippen molar-refractivity contribution in [3.63, 3.8) is 0 Å². The average molecular weight is 498 g/mol. The van der Waals surface area contributed by atoms with E-state index in [0.717, 1.165) is 11.1 Å². The number of halogens is 1. The highest BCUT2D eigenvalue weighted by Crippen LogP contribution is 2.31. The van der Waals surface area contributed by atoms with Crippen LogP contribution in [0.3, 0.4) is 0 Å². The molecule has 2 N–H and O–H groups in total. The van der Waals surface area contributed by atoms with E-state index in [4.69, 9.17) is 19.6 Å². The van der Waals surface area contributed by atoms with E-state index >= 15 is 0 Å². The molecule has 192 valence electrons. The lowest BCUT2D eigenvalue weighted by atomic mass is 9.92. The number of amides is 1. The largest absolute Gasteiger partial charge is 0.475 e. The number of aliphatic hydroxyl groups excluding tert-OH is 1. The van der Waals surface area contributed by atoms with Crippen LogP contribution < -0.4 is 10.1 Å². The standard InChI is InChI=1S/C26H32FN5O4/c1-18-21(19-4-5-23(29-16-19)36-13-10-33)15-26(17-30-18,32-8-11-35-12-9-32)31-24(34)22-14-20(6-7-28-22)25(2,3)27/h4-7,14-18,33H,8-13H2,1-3H3,(H,31,34). The van der Waals surface area contributed by atoms with Crippen molar-refractivity contribution in [1.82, 2.24) is 20.2 Å². The molecule has 36 heavy (non-hydrogen) atoms. The monoisotopic (exact) mass is 497 g/mol. The SMILES string of the molecule is CC1N=CC(NC(=O)c2cc(C(C)(C)F)ccn2)(N2CCOCC2)C=C1c1ccc(OCCO)nc1. The highest BCUT2D eigenvalue weighted by Gasteiger charge is 2.40. The van der Waals surface area contributed by atoms with Crippen LogP contribution in [-0.2, 0) is 10.4 Å². The number of carbonyl (C=O) groups excluding carboxylic acids is 1. The third-order valence-electron chi connectivity index (χ3n) is 6.26. The smallest absolute Gasteiger partial charge is 0.271 e. The van der Waals surface area contributed by atoms with Crippen molar-refractivity contribution in [1.29, 1.82) is 0 Å². The van der Waals surface area contributed by atoms with Crippen LogP contribution in [0.25, 0.3) is 5.57 Å². The molecule has 0 aliphatic carbocycles. The molecule has 2 aromatic heterocycles. The van der Waals surface area contributed by atoms with Gasteiger partial charge in [-0.2, -0.15) is 0 Å². The number of hydrogen-bond acceptors (Lipinski definition) is 8. The number of dihydropyridines is 1. The van der Waals surface area contributed by atoms with E-state index in [1.165, 1.54) is 26.1 Å². The number of nitrogens with one attached hydrogen (secondary N) is 1. The number of rotatable bonds is 8. The third-order valence-corrected chi connectivity index (χ3v) is 6.26. The Labute approximate surface area is 210 Å². The van der Waals surface area contributed by atoms with E-state index in [9.17, 15) is 9.18 Å². The van der Waals surface area contributed by atoms with Crippen LogP contribution >= 0.6 is 0 Å². The minimum atomic E-state index is -1.60. The Morgan fingerprint density at radius 3 is 2.75 bits per heavy atom. The molecule has 2 atom stereocenters. The van der Waals surface area contributed by atoms with Crippen LogP contribution in [0.1, 0.15) is 42.4 Å². The van der Waals surface area contributed by atoms with Crippen molar-refractivity contribution in [3.05, 3.63) is 59.6 Å². The minimum Gasteiger partial charge on any atom is -0.475 e. The van der Waals surface area contributed by atoms with Gasteiger partial charge >= 0.3 is 0 Å². The van der Waals surface area contributed by atoms with Crippen molar-refractivity contribution >= 4 is 17.7 Å². The summed E-state index contributed by atoms with van der Waals surface area (Å²) in [6, 6.07) is 6.49. The first-order valence-corrected chi connectivity index (χ1v) is 12.0. The number of nitrogens with zero attached hydrogens (tertiary/aromatic N) is 4. The number of pyridine rings is 2. The number of aliphatic imine (C=N–C) groups is 1. The molecule has 1 fully saturated rings. The first-order valence-electron chi connectivity index (χ1n) is 12.0. The van der Waals surface area contributed by atoms with Gasteiger partial charge in [0.2, 0.25) is 5.88 Å². The van der Waals surface area contributed by atoms with Gasteiger partial charge in [-0.3, -0.25) is 19.7 Å². The van der Waals surface area contributed by atoms with Crippen molar-refractivity contribution in [2.75, 3.05) is 39.5 Å². The summed E-state index contributed by atoms with van der Waals surface area (Å²) in [6.07, 6.45) is 6.87. The van der Waals surface area contributed by atoms with Crippen molar-refractivity contribution in [2.45, 2.75) is 38.1 Å². The summed E-state index contributed by atoms with van der Waals surface area (Å²) in [7, 11) is 0. The van der Waals surface area contributed by atoms with Crippen LogP contribution in [0.5, 0.6) is 5.88 Å². The Balaban J connectivity index is 1.68. The molecular weight excluding hydrogens is 465 g/mol. The second kappa shape index (κ2) is 10.8. The molecular formula is C26H32FN5O4. The fourth-order valence-corrected chi connectivity index (χ4v) is 4.24. The summed E-state index contributed by atoms with van der Waals surface area (Å²) >= 11 is 0. The highest BCUT2D eigenvalue weighted by atomic mass is 19.1. The molecule has 9 nitrogen and oxygen atoms in total. The summed E-state index contributed by atoms with van der Waals surface area (Å²) in [5, 5.41) is 12.1. The minimum absolute atomic E-state index is 0.0946. The summed E-state index contributed by atoms with van der Waals surface area (Å²) in [6.45, 7) is 7.13. The molecule has 1 saturated heterocycles. The molecule has 2 aliphatic heterocycles. The van der Waals surface area contributed by atoms with E-state index in [1.807, 2.05) is 19.1 Å². The zero-order valence-electron chi connectivity index (χ0n) is 20.8. The van der Waals surface area contributed by atoms with Gasteiger partial charge in [0.15, 0.2) is 0 Å². The normalized spacial score (nSPS) is 22.7. The maximum absolute atomic E-state index is 14.5. The van der Waals surface area contributed by atoms with Gasteiger partial charge in [-0.25, -0.2) is 9.37 Å². The molecule has 1 amide bonds. The fourth-order valence-electron chi connectivity index (χ4n) is 4.24. The topological polar surface area (TPSA) is 109 Å². The third kappa shape index (κ3) is 5.77. The lowest BCUT2D eigenvalue weighted by molar-refractivity contribution is 0.00574. The molecule has 0 spiro atoms. The van der Waals surface area contributed by atoms with Crippen LogP contribution in [0.15, 0.2) is 47.7 Å². The van der Waals surface area contributed by atoms with Crippen molar-refractivity contribution in [3.8, 4) is 5.88 Å². The maximum atomic E-state index is 14.5. The Bertz CT molecular complexity index is 1130.